The Kier molecular flexibility index (Phi) is 3.00. The fraction of sp³-hybridized carbons (Fsp3) is 0.308. The van der Waals surface area contributed by atoms with Crippen LogP contribution in [0.25, 0.3) is 0 Å². The quantitative estimate of drug-likeness (QED) is 0.841. The van der Waals surface area contributed by atoms with Gasteiger partial charge in [-0.15, -0.1) is 0 Å². The first-order chi connectivity index (χ1) is 9.24. The summed E-state index contributed by atoms with van der Waals surface area (Å²) in [5.74, 6) is -0.145. The second kappa shape index (κ2) is 4.81. The lowest BCUT2D eigenvalue weighted by molar-refractivity contribution is -0.132. The summed E-state index contributed by atoms with van der Waals surface area (Å²) in [4.78, 5) is 21.9. The van der Waals surface area contributed by atoms with E-state index in [1.54, 1.807) is 12.4 Å². The number of aromatic nitrogens is 2. The fourth-order valence-electron chi connectivity index (χ4n) is 2.23. The van der Waals surface area contributed by atoms with E-state index in [0.29, 0.717) is 12.3 Å². The van der Waals surface area contributed by atoms with Gasteiger partial charge >= 0.3 is 0 Å². The average Bonchev–Trinajstić information content (AvgIpc) is 2.89. The molecular formula is C13H14N4O2. The summed E-state index contributed by atoms with van der Waals surface area (Å²) >= 11 is 0. The lowest BCUT2D eigenvalue weighted by Gasteiger charge is -2.24. The summed E-state index contributed by atoms with van der Waals surface area (Å²) in [5.41, 5.74) is 2.49. The third-order valence-corrected chi connectivity index (χ3v) is 3.14. The van der Waals surface area contributed by atoms with Crippen molar-refractivity contribution in [1.82, 2.24) is 15.3 Å². The number of hydrogen-bond acceptors (Lipinski definition) is 5. The van der Waals surface area contributed by atoms with Gasteiger partial charge in [0, 0.05) is 18.4 Å². The minimum Gasteiger partial charge on any atom is -0.358 e. The number of rotatable bonds is 2. The molecule has 0 bridgehead atoms. The molecule has 19 heavy (non-hydrogen) atoms. The predicted octanol–water partition coefficient (Wildman–Crippen LogP) is 0.599. The second-order valence-corrected chi connectivity index (χ2v) is 4.53. The molecule has 0 radical (unpaired) electrons. The van der Waals surface area contributed by atoms with Gasteiger partial charge in [-0.05, 0) is 12.0 Å². The Hall–Kier alpha value is -2.21. The number of nitrogens with one attached hydrogen (secondary N) is 1. The third-order valence-electron chi connectivity index (χ3n) is 3.14. The molecule has 1 aromatic heterocycles. The lowest BCUT2D eigenvalue weighted by atomic mass is 10.1. The van der Waals surface area contributed by atoms with Gasteiger partial charge in [0.1, 0.15) is 6.33 Å². The first kappa shape index (κ1) is 11.9. The monoisotopic (exact) mass is 258 g/mol. The van der Waals surface area contributed by atoms with Gasteiger partial charge in [-0.3, -0.25) is 4.79 Å². The molecule has 0 aliphatic carbocycles. The zero-order valence-electron chi connectivity index (χ0n) is 10.4. The van der Waals surface area contributed by atoms with Crippen LogP contribution in [0.15, 0.2) is 42.8 Å². The van der Waals surface area contributed by atoms with Gasteiger partial charge in [-0.2, -0.15) is 0 Å². The lowest BCUT2D eigenvalue weighted by Crippen LogP contribution is -2.43. The average molecular weight is 258 g/mol. The Morgan fingerprint density at radius 3 is 2.95 bits per heavy atom. The zero-order valence-corrected chi connectivity index (χ0v) is 10.4. The molecule has 0 aromatic carbocycles. The summed E-state index contributed by atoms with van der Waals surface area (Å²) in [6, 6.07) is 0. The van der Waals surface area contributed by atoms with Crippen LogP contribution in [0.2, 0.25) is 0 Å². The molecule has 1 unspecified atom stereocenters. The molecule has 1 amide bonds. The first-order valence-corrected chi connectivity index (χ1v) is 6.06. The van der Waals surface area contributed by atoms with E-state index >= 15 is 0 Å². The van der Waals surface area contributed by atoms with E-state index in [0.717, 1.165) is 24.2 Å². The van der Waals surface area contributed by atoms with Crippen LogP contribution < -0.4 is 10.2 Å². The van der Waals surface area contributed by atoms with Gasteiger partial charge in [0.05, 0.1) is 24.7 Å². The van der Waals surface area contributed by atoms with E-state index in [-0.39, 0.29) is 5.91 Å². The number of morpholine rings is 1. The van der Waals surface area contributed by atoms with Crippen LogP contribution in [0.1, 0.15) is 6.42 Å². The van der Waals surface area contributed by atoms with Crippen molar-refractivity contribution in [3.8, 4) is 0 Å². The zero-order chi connectivity index (χ0) is 13.2. The van der Waals surface area contributed by atoms with E-state index in [2.05, 4.69) is 21.9 Å². The number of hydrogen-bond donors (Lipinski definition) is 1. The van der Waals surface area contributed by atoms with Crippen LogP contribution in [-0.4, -0.2) is 35.1 Å². The van der Waals surface area contributed by atoms with Crippen molar-refractivity contribution in [1.29, 1.82) is 0 Å². The minimum absolute atomic E-state index is 0.145. The molecule has 98 valence electrons. The van der Waals surface area contributed by atoms with Crippen LogP contribution in [0.4, 0.5) is 5.69 Å². The van der Waals surface area contributed by atoms with Crippen molar-refractivity contribution in [3.05, 3.63) is 42.8 Å². The third kappa shape index (κ3) is 2.34. The maximum absolute atomic E-state index is 11.9. The first-order valence-electron chi connectivity index (χ1n) is 6.06. The highest BCUT2D eigenvalue weighted by molar-refractivity contribution is 5.86. The Morgan fingerprint density at radius 2 is 2.21 bits per heavy atom. The van der Waals surface area contributed by atoms with Gasteiger partial charge in [0.15, 0.2) is 6.10 Å². The largest absolute Gasteiger partial charge is 0.358 e. The van der Waals surface area contributed by atoms with Gasteiger partial charge < -0.3 is 15.0 Å². The van der Waals surface area contributed by atoms with E-state index in [9.17, 15) is 4.79 Å². The highest BCUT2D eigenvalue weighted by Crippen LogP contribution is 2.26. The summed E-state index contributed by atoms with van der Waals surface area (Å²) in [5, 5.41) is 2.72. The minimum atomic E-state index is -0.514. The smallest absolute Gasteiger partial charge is 0.257 e. The number of carbonyl (C=O) groups is 1. The number of ether oxygens (including phenoxy) is 1. The molecule has 1 saturated heterocycles. The Labute approximate surface area is 110 Å². The van der Waals surface area contributed by atoms with E-state index < -0.39 is 6.10 Å². The molecule has 6 heteroatoms. The van der Waals surface area contributed by atoms with Crippen molar-refractivity contribution in [2.24, 2.45) is 0 Å². The van der Waals surface area contributed by atoms with Gasteiger partial charge in [0.2, 0.25) is 0 Å². The van der Waals surface area contributed by atoms with Crippen molar-refractivity contribution < 1.29 is 9.53 Å². The summed E-state index contributed by atoms with van der Waals surface area (Å²) < 4.78 is 5.53. The van der Waals surface area contributed by atoms with Gasteiger partial charge in [0.25, 0.3) is 5.91 Å². The van der Waals surface area contributed by atoms with Gasteiger partial charge in [-0.1, -0.05) is 6.58 Å². The molecule has 0 spiro atoms. The SMILES string of the molecule is C=C1COC(C2=CN(c3cncnc3)CC2)C(=O)N1. The summed E-state index contributed by atoms with van der Waals surface area (Å²) in [6.07, 6.45) is 7.20. The van der Waals surface area contributed by atoms with Crippen molar-refractivity contribution in [3.63, 3.8) is 0 Å². The van der Waals surface area contributed by atoms with Crippen LogP contribution in [0.5, 0.6) is 0 Å². The van der Waals surface area contributed by atoms with Crippen molar-refractivity contribution in [2.45, 2.75) is 12.5 Å². The molecular weight excluding hydrogens is 244 g/mol. The van der Waals surface area contributed by atoms with E-state index in [1.165, 1.54) is 6.33 Å². The number of nitrogens with zero attached hydrogens (tertiary/aromatic N) is 3. The standard InChI is InChI=1S/C13H14N4O2/c1-9-7-19-12(13(18)16-9)10-2-3-17(6-10)11-4-14-8-15-5-11/h4-6,8,12H,1-3,7H2,(H,16,18). The van der Waals surface area contributed by atoms with Crippen molar-refractivity contribution >= 4 is 11.6 Å². The Balaban J connectivity index is 1.76. The molecule has 1 aromatic rings. The molecule has 3 heterocycles. The molecule has 2 aliphatic rings. The molecule has 0 saturated carbocycles. The molecule has 1 N–H and O–H groups in total. The highest BCUT2D eigenvalue weighted by Gasteiger charge is 2.31. The molecule has 2 aliphatic heterocycles. The molecule has 3 rings (SSSR count). The van der Waals surface area contributed by atoms with E-state index in [4.69, 9.17) is 4.74 Å². The van der Waals surface area contributed by atoms with Crippen LogP contribution in [0, 0.1) is 0 Å². The Bertz CT molecular complexity index is 541. The van der Waals surface area contributed by atoms with Crippen LogP contribution >= 0.6 is 0 Å². The number of carbonyl (C=O) groups excluding carboxylic acids is 1. The highest BCUT2D eigenvalue weighted by atomic mass is 16.5. The topological polar surface area (TPSA) is 67.3 Å². The van der Waals surface area contributed by atoms with Crippen LogP contribution in [0.3, 0.4) is 0 Å². The molecule has 1 fully saturated rings. The van der Waals surface area contributed by atoms with Crippen LogP contribution in [-0.2, 0) is 9.53 Å². The normalized spacial score (nSPS) is 23.3. The molecule has 1 atom stereocenters. The number of anilines is 1. The molecule has 6 nitrogen and oxygen atoms in total. The second-order valence-electron chi connectivity index (χ2n) is 4.53. The van der Waals surface area contributed by atoms with E-state index in [1.807, 2.05) is 11.1 Å². The summed E-state index contributed by atoms with van der Waals surface area (Å²) in [6.45, 7) is 4.85. The maximum Gasteiger partial charge on any atom is 0.257 e. The maximum atomic E-state index is 11.9. The predicted molar refractivity (Wildman–Crippen MR) is 69.1 cm³/mol. The summed E-state index contributed by atoms with van der Waals surface area (Å²) in [7, 11) is 0. The van der Waals surface area contributed by atoms with Crippen molar-refractivity contribution in [2.75, 3.05) is 18.1 Å². The fourth-order valence-corrected chi connectivity index (χ4v) is 2.23. The Morgan fingerprint density at radius 1 is 1.42 bits per heavy atom. The van der Waals surface area contributed by atoms with Gasteiger partial charge in [-0.25, -0.2) is 9.97 Å². The number of amides is 1.